The third kappa shape index (κ3) is 3.83. The molecular formula is C26H25NO7. The number of methoxy groups -OCH3 is 5. The van der Waals surface area contributed by atoms with Crippen LogP contribution < -0.4 is 23.7 Å². The number of hydrogen-bond acceptors (Lipinski definition) is 7. The standard InChI is InChI=1S/C26H25NO7/c1-30-18-8-6-15-10-19(16-7-9-22(31-2)21(28)11-16)27(20(15)14-18)26(29)17-12-23(32-3)25(34-5)24(13-17)33-4/h6-14,28H,1-5H3. The zero-order chi connectivity index (χ0) is 24.4. The van der Waals surface area contributed by atoms with Crippen molar-refractivity contribution < 1.29 is 33.6 Å². The van der Waals surface area contributed by atoms with E-state index in [1.54, 1.807) is 48.1 Å². The number of ether oxygens (including phenoxy) is 5. The average molecular weight is 463 g/mol. The minimum Gasteiger partial charge on any atom is -0.504 e. The van der Waals surface area contributed by atoms with Gasteiger partial charge in [0.1, 0.15) is 5.75 Å². The van der Waals surface area contributed by atoms with Crippen LogP contribution in [0.1, 0.15) is 10.4 Å². The van der Waals surface area contributed by atoms with Crippen LogP contribution in [0.5, 0.6) is 34.5 Å². The lowest BCUT2D eigenvalue weighted by atomic mass is 10.1. The third-order valence-electron chi connectivity index (χ3n) is 5.60. The predicted octanol–water partition coefficient (Wildman–Crippen LogP) is 4.75. The Labute approximate surface area is 196 Å². The number of rotatable bonds is 7. The number of phenolic OH excluding ortho intramolecular Hbond substituents is 1. The lowest BCUT2D eigenvalue weighted by molar-refractivity contribution is 0.0966. The van der Waals surface area contributed by atoms with Crippen molar-refractivity contribution in [2.75, 3.05) is 35.5 Å². The van der Waals surface area contributed by atoms with Gasteiger partial charge in [0.05, 0.1) is 46.8 Å². The molecule has 0 aliphatic rings. The Morgan fingerprint density at radius 2 is 1.41 bits per heavy atom. The topological polar surface area (TPSA) is 88.4 Å². The summed E-state index contributed by atoms with van der Waals surface area (Å²) in [5.74, 6) is 1.70. The number of hydrogen-bond donors (Lipinski definition) is 1. The summed E-state index contributed by atoms with van der Waals surface area (Å²) in [4.78, 5) is 13.9. The van der Waals surface area contributed by atoms with E-state index in [9.17, 15) is 9.90 Å². The molecule has 0 fully saturated rings. The van der Waals surface area contributed by atoms with E-state index in [1.165, 1.54) is 28.4 Å². The second-order valence-electron chi connectivity index (χ2n) is 7.40. The van der Waals surface area contributed by atoms with E-state index in [2.05, 4.69) is 0 Å². The van der Waals surface area contributed by atoms with Crippen molar-refractivity contribution in [2.45, 2.75) is 0 Å². The van der Waals surface area contributed by atoms with Gasteiger partial charge in [0, 0.05) is 22.6 Å². The number of aromatic hydroxyl groups is 1. The van der Waals surface area contributed by atoms with Crippen LogP contribution >= 0.6 is 0 Å². The van der Waals surface area contributed by atoms with E-state index in [0.29, 0.717) is 51.1 Å². The number of nitrogens with zero attached hydrogens (tertiary/aromatic N) is 1. The fraction of sp³-hybridized carbons (Fsp3) is 0.192. The molecule has 0 amide bonds. The quantitative estimate of drug-likeness (QED) is 0.423. The largest absolute Gasteiger partial charge is 0.504 e. The summed E-state index contributed by atoms with van der Waals surface area (Å²) in [5.41, 5.74) is 2.19. The molecule has 3 aromatic carbocycles. The maximum Gasteiger partial charge on any atom is 0.263 e. The molecular weight excluding hydrogens is 438 g/mol. The van der Waals surface area contributed by atoms with E-state index >= 15 is 0 Å². The number of carbonyl (C=O) groups is 1. The normalized spacial score (nSPS) is 10.7. The van der Waals surface area contributed by atoms with Crippen LogP contribution in [0.4, 0.5) is 0 Å². The lowest BCUT2D eigenvalue weighted by Crippen LogP contribution is -2.14. The first-order chi connectivity index (χ1) is 16.4. The summed E-state index contributed by atoms with van der Waals surface area (Å²) in [6, 6.07) is 15.6. The highest BCUT2D eigenvalue weighted by Gasteiger charge is 2.23. The average Bonchev–Trinajstić information content (AvgIpc) is 3.25. The molecule has 4 aromatic rings. The van der Waals surface area contributed by atoms with Crippen LogP contribution in [-0.2, 0) is 0 Å². The van der Waals surface area contributed by atoms with Crippen molar-refractivity contribution in [3.05, 3.63) is 60.2 Å². The summed E-state index contributed by atoms with van der Waals surface area (Å²) >= 11 is 0. The summed E-state index contributed by atoms with van der Waals surface area (Å²) in [6.07, 6.45) is 0. The van der Waals surface area contributed by atoms with E-state index in [1.807, 2.05) is 18.2 Å². The molecule has 8 nitrogen and oxygen atoms in total. The van der Waals surface area contributed by atoms with Crippen LogP contribution in [-0.4, -0.2) is 51.1 Å². The van der Waals surface area contributed by atoms with Gasteiger partial charge in [-0.05, 0) is 48.5 Å². The van der Waals surface area contributed by atoms with Crippen LogP contribution in [0.25, 0.3) is 22.2 Å². The molecule has 0 saturated heterocycles. The maximum atomic E-state index is 13.9. The molecule has 4 rings (SSSR count). The highest BCUT2D eigenvalue weighted by atomic mass is 16.5. The molecule has 0 spiro atoms. The van der Waals surface area contributed by atoms with Crippen molar-refractivity contribution in [2.24, 2.45) is 0 Å². The molecule has 1 heterocycles. The maximum absolute atomic E-state index is 13.9. The van der Waals surface area contributed by atoms with Gasteiger partial charge < -0.3 is 28.8 Å². The molecule has 34 heavy (non-hydrogen) atoms. The molecule has 176 valence electrons. The SMILES string of the molecule is COc1ccc2cc(-c3ccc(OC)c(O)c3)n(C(=O)c3cc(OC)c(OC)c(OC)c3)c2c1. The molecule has 0 unspecified atom stereocenters. The fourth-order valence-electron chi connectivity index (χ4n) is 3.92. The number of fused-ring (bicyclic) bond motifs is 1. The number of aromatic nitrogens is 1. The van der Waals surface area contributed by atoms with Crippen LogP contribution in [0.2, 0.25) is 0 Å². The Kier molecular flexibility index (Phi) is 6.23. The second-order valence-corrected chi connectivity index (χ2v) is 7.40. The minimum atomic E-state index is -0.326. The van der Waals surface area contributed by atoms with Gasteiger partial charge >= 0.3 is 0 Å². The van der Waals surface area contributed by atoms with Gasteiger partial charge in [0.2, 0.25) is 5.75 Å². The molecule has 0 saturated carbocycles. The molecule has 0 aliphatic heterocycles. The first-order valence-electron chi connectivity index (χ1n) is 10.4. The van der Waals surface area contributed by atoms with Gasteiger partial charge in [-0.2, -0.15) is 0 Å². The van der Waals surface area contributed by atoms with Crippen molar-refractivity contribution >= 4 is 16.8 Å². The fourth-order valence-corrected chi connectivity index (χ4v) is 3.92. The van der Waals surface area contributed by atoms with Crippen molar-refractivity contribution in [1.29, 1.82) is 0 Å². The Bertz CT molecular complexity index is 1350. The Hall–Kier alpha value is -4.33. The first-order valence-corrected chi connectivity index (χ1v) is 10.4. The Balaban J connectivity index is 1.98. The molecule has 1 aromatic heterocycles. The Morgan fingerprint density at radius 3 is 1.97 bits per heavy atom. The van der Waals surface area contributed by atoms with Gasteiger partial charge in [-0.25, -0.2) is 0 Å². The summed E-state index contributed by atoms with van der Waals surface area (Å²) in [7, 11) is 7.53. The number of benzene rings is 3. The third-order valence-corrected chi connectivity index (χ3v) is 5.60. The van der Waals surface area contributed by atoms with Gasteiger partial charge in [-0.1, -0.05) is 0 Å². The van der Waals surface area contributed by atoms with E-state index in [-0.39, 0.29) is 11.7 Å². The predicted molar refractivity (Wildman–Crippen MR) is 128 cm³/mol. The van der Waals surface area contributed by atoms with Crippen molar-refractivity contribution in [3.63, 3.8) is 0 Å². The molecule has 1 N–H and O–H groups in total. The highest BCUT2D eigenvalue weighted by Crippen LogP contribution is 2.40. The number of phenols is 1. The van der Waals surface area contributed by atoms with E-state index in [0.717, 1.165) is 5.39 Å². The highest BCUT2D eigenvalue weighted by molar-refractivity contribution is 6.07. The zero-order valence-corrected chi connectivity index (χ0v) is 19.5. The van der Waals surface area contributed by atoms with E-state index in [4.69, 9.17) is 23.7 Å². The molecule has 0 atom stereocenters. The molecule has 0 aliphatic carbocycles. The van der Waals surface area contributed by atoms with Gasteiger partial charge in [0.25, 0.3) is 5.91 Å². The van der Waals surface area contributed by atoms with Crippen LogP contribution in [0, 0.1) is 0 Å². The monoisotopic (exact) mass is 463 g/mol. The minimum absolute atomic E-state index is 0.0328. The van der Waals surface area contributed by atoms with Crippen molar-refractivity contribution in [1.82, 2.24) is 4.57 Å². The smallest absolute Gasteiger partial charge is 0.263 e. The van der Waals surface area contributed by atoms with E-state index < -0.39 is 0 Å². The Morgan fingerprint density at radius 1 is 0.735 bits per heavy atom. The number of carbonyl (C=O) groups excluding carboxylic acids is 1. The molecule has 8 heteroatoms. The zero-order valence-electron chi connectivity index (χ0n) is 19.5. The summed E-state index contributed by atoms with van der Waals surface area (Å²) < 4.78 is 28.4. The lowest BCUT2D eigenvalue weighted by Gasteiger charge is -2.16. The molecule has 0 radical (unpaired) electrons. The van der Waals surface area contributed by atoms with Crippen LogP contribution in [0.15, 0.2) is 54.6 Å². The summed E-state index contributed by atoms with van der Waals surface area (Å²) in [6.45, 7) is 0. The van der Waals surface area contributed by atoms with Gasteiger partial charge in [-0.15, -0.1) is 0 Å². The van der Waals surface area contributed by atoms with Crippen molar-refractivity contribution in [3.8, 4) is 45.8 Å². The molecule has 0 bridgehead atoms. The van der Waals surface area contributed by atoms with Gasteiger partial charge in [-0.3, -0.25) is 9.36 Å². The second kappa shape index (κ2) is 9.27. The first kappa shape index (κ1) is 22.8. The summed E-state index contributed by atoms with van der Waals surface area (Å²) in [5, 5.41) is 11.2. The van der Waals surface area contributed by atoms with Gasteiger partial charge in [0.15, 0.2) is 23.0 Å². The van der Waals surface area contributed by atoms with Crippen LogP contribution in [0.3, 0.4) is 0 Å².